The highest BCUT2D eigenvalue weighted by atomic mass is 32.2. The van der Waals surface area contributed by atoms with Crippen LogP contribution in [0.15, 0.2) is 29.2 Å². The second-order valence-corrected chi connectivity index (χ2v) is 8.72. The van der Waals surface area contributed by atoms with Crippen LogP contribution in [0.2, 0.25) is 0 Å². The highest BCUT2D eigenvalue weighted by Gasteiger charge is 2.13. The fourth-order valence-corrected chi connectivity index (χ4v) is 4.01. The number of benzene rings is 1. The summed E-state index contributed by atoms with van der Waals surface area (Å²) >= 11 is 0. The van der Waals surface area contributed by atoms with E-state index in [4.69, 9.17) is 4.18 Å². The van der Waals surface area contributed by atoms with Crippen LogP contribution in [0.3, 0.4) is 0 Å². The van der Waals surface area contributed by atoms with Gasteiger partial charge in [0.25, 0.3) is 10.1 Å². The Morgan fingerprint density at radius 3 is 1.62 bits per heavy atom. The molecular formula is C22H37O3S. The largest absolute Gasteiger partial charge is 0.296 e. The van der Waals surface area contributed by atoms with Gasteiger partial charge in [-0.25, -0.2) is 0 Å². The van der Waals surface area contributed by atoms with E-state index in [1.165, 1.54) is 89.2 Å². The van der Waals surface area contributed by atoms with Crippen LogP contribution in [-0.2, 0) is 14.3 Å². The average Bonchev–Trinajstić information content (AvgIpc) is 2.65. The van der Waals surface area contributed by atoms with E-state index in [0.29, 0.717) is 0 Å². The summed E-state index contributed by atoms with van der Waals surface area (Å²) in [5.41, 5.74) is 0. The molecule has 1 aromatic rings. The minimum Gasteiger partial charge on any atom is -0.266 e. The molecule has 0 aliphatic carbocycles. The van der Waals surface area contributed by atoms with Crippen LogP contribution in [0.25, 0.3) is 0 Å². The van der Waals surface area contributed by atoms with Gasteiger partial charge in [-0.15, -0.1) is 0 Å². The third kappa shape index (κ3) is 11.7. The van der Waals surface area contributed by atoms with Crippen molar-refractivity contribution in [3.63, 3.8) is 0 Å². The summed E-state index contributed by atoms with van der Waals surface area (Å²) in [6.45, 7) is 2.54. The molecular weight excluding hydrogens is 344 g/mol. The van der Waals surface area contributed by atoms with Gasteiger partial charge in [-0.3, -0.25) is 4.18 Å². The summed E-state index contributed by atoms with van der Waals surface area (Å²) in [6, 6.07) is 9.01. The Kier molecular flexibility index (Phi) is 13.6. The predicted molar refractivity (Wildman–Crippen MR) is 109 cm³/mol. The first kappa shape index (κ1) is 23.2. The number of hydrogen-bond donors (Lipinski definition) is 0. The van der Waals surface area contributed by atoms with E-state index in [1.54, 1.807) is 12.1 Å². The van der Waals surface area contributed by atoms with E-state index in [9.17, 15) is 8.42 Å². The molecule has 0 aliphatic heterocycles. The zero-order valence-corrected chi connectivity index (χ0v) is 17.4. The van der Waals surface area contributed by atoms with Crippen molar-refractivity contribution < 1.29 is 12.6 Å². The van der Waals surface area contributed by atoms with E-state index in [-0.39, 0.29) is 11.5 Å². The quantitative estimate of drug-likeness (QED) is 0.223. The van der Waals surface area contributed by atoms with Crippen LogP contribution in [0, 0.1) is 6.07 Å². The molecule has 3 nitrogen and oxygen atoms in total. The molecule has 0 fully saturated rings. The molecule has 4 heteroatoms. The molecule has 0 amide bonds. The Morgan fingerprint density at radius 1 is 0.731 bits per heavy atom. The maximum Gasteiger partial charge on any atom is 0.296 e. The van der Waals surface area contributed by atoms with Gasteiger partial charge < -0.3 is 0 Å². The number of rotatable bonds is 17. The monoisotopic (exact) mass is 381 g/mol. The van der Waals surface area contributed by atoms with Gasteiger partial charge in [0.1, 0.15) is 0 Å². The van der Waals surface area contributed by atoms with Gasteiger partial charge >= 0.3 is 0 Å². The van der Waals surface area contributed by atoms with E-state index in [1.807, 2.05) is 0 Å². The fourth-order valence-electron chi connectivity index (χ4n) is 3.07. The van der Waals surface area contributed by atoms with Crippen molar-refractivity contribution >= 4 is 10.1 Å². The van der Waals surface area contributed by atoms with Crippen molar-refractivity contribution in [3.05, 3.63) is 30.3 Å². The van der Waals surface area contributed by atoms with Crippen molar-refractivity contribution in [2.24, 2.45) is 0 Å². The summed E-state index contributed by atoms with van der Waals surface area (Å²) < 4.78 is 28.9. The Labute approximate surface area is 161 Å². The molecule has 0 unspecified atom stereocenters. The lowest BCUT2D eigenvalue weighted by Gasteiger charge is -2.05. The Hall–Kier alpha value is -0.870. The summed E-state index contributed by atoms with van der Waals surface area (Å²) in [4.78, 5) is 0.210. The van der Waals surface area contributed by atoms with E-state index in [2.05, 4.69) is 13.0 Å². The van der Waals surface area contributed by atoms with Gasteiger partial charge in [-0.1, -0.05) is 103 Å². The molecule has 1 rings (SSSR count). The maximum atomic E-state index is 11.9. The van der Waals surface area contributed by atoms with Gasteiger partial charge in [-0.05, 0) is 24.6 Å². The van der Waals surface area contributed by atoms with Crippen LogP contribution in [0.5, 0.6) is 0 Å². The fraction of sp³-hybridized carbons (Fsp3) is 0.727. The number of unbranched alkanes of at least 4 members (excludes halogenated alkanes) is 13. The minimum absolute atomic E-state index is 0.210. The maximum absolute atomic E-state index is 11.9. The van der Waals surface area contributed by atoms with E-state index >= 15 is 0 Å². The molecule has 0 aliphatic rings. The van der Waals surface area contributed by atoms with Crippen LogP contribution in [0.4, 0.5) is 0 Å². The molecule has 1 aromatic carbocycles. The normalized spacial score (nSPS) is 11.7. The Balaban J connectivity index is 1.87. The average molecular weight is 382 g/mol. The molecule has 0 heterocycles. The van der Waals surface area contributed by atoms with Gasteiger partial charge in [0.05, 0.1) is 11.5 Å². The molecule has 149 valence electrons. The lowest BCUT2D eigenvalue weighted by atomic mass is 10.0. The smallest absolute Gasteiger partial charge is 0.266 e. The second-order valence-electron chi connectivity index (χ2n) is 7.11. The molecule has 26 heavy (non-hydrogen) atoms. The standard InChI is InChI=1S/C22H37O3S/c1-2-3-4-5-6-7-8-9-10-11-12-13-14-18-21-25-26(23,24)22-19-16-15-17-20-22/h16-17,19-20H,2-14,18,21H2,1H3. The lowest BCUT2D eigenvalue weighted by molar-refractivity contribution is 0.306. The Morgan fingerprint density at radius 2 is 1.15 bits per heavy atom. The topological polar surface area (TPSA) is 43.4 Å². The SMILES string of the molecule is CCCCCCCCCCCCCCCCOS(=O)(=O)c1cc[c]cc1. The molecule has 0 bridgehead atoms. The first-order valence-electron chi connectivity index (χ1n) is 10.5. The van der Waals surface area contributed by atoms with Gasteiger partial charge in [-0.2, -0.15) is 8.42 Å². The molecule has 1 radical (unpaired) electrons. The van der Waals surface area contributed by atoms with Crippen LogP contribution < -0.4 is 0 Å². The Bertz CT molecular complexity index is 526. The first-order valence-corrected chi connectivity index (χ1v) is 11.9. The van der Waals surface area contributed by atoms with Crippen molar-refractivity contribution in [3.8, 4) is 0 Å². The second kappa shape index (κ2) is 15.2. The van der Waals surface area contributed by atoms with Crippen molar-refractivity contribution in [2.45, 2.75) is 102 Å². The summed E-state index contributed by atoms with van der Waals surface area (Å²) in [5.74, 6) is 0. The predicted octanol–water partition coefficient (Wildman–Crippen LogP) is 6.67. The van der Waals surface area contributed by atoms with E-state index < -0.39 is 10.1 Å². The highest BCUT2D eigenvalue weighted by molar-refractivity contribution is 7.86. The molecule has 0 atom stereocenters. The highest BCUT2D eigenvalue weighted by Crippen LogP contribution is 2.14. The van der Waals surface area contributed by atoms with Crippen molar-refractivity contribution in [1.29, 1.82) is 0 Å². The first-order chi connectivity index (χ1) is 12.7. The van der Waals surface area contributed by atoms with Crippen LogP contribution >= 0.6 is 0 Å². The zero-order valence-electron chi connectivity index (χ0n) is 16.5. The van der Waals surface area contributed by atoms with Crippen LogP contribution in [0.1, 0.15) is 96.8 Å². The van der Waals surface area contributed by atoms with Gasteiger partial charge in [0, 0.05) is 0 Å². The van der Waals surface area contributed by atoms with E-state index in [0.717, 1.165) is 12.8 Å². The zero-order chi connectivity index (χ0) is 18.9. The molecule has 0 spiro atoms. The summed E-state index contributed by atoms with van der Waals surface area (Å²) in [6.07, 6.45) is 18.0. The van der Waals surface area contributed by atoms with Crippen LogP contribution in [-0.4, -0.2) is 15.0 Å². The summed E-state index contributed by atoms with van der Waals surface area (Å²) in [5, 5.41) is 0. The molecule has 0 aromatic heterocycles. The lowest BCUT2D eigenvalue weighted by Crippen LogP contribution is -2.07. The van der Waals surface area contributed by atoms with Crippen molar-refractivity contribution in [1.82, 2.24) is 0 Å². The third-order valence-electron chi connectivity index (χ3n) is 4.71. The third-order valence-corrected chi connectivity index (χ3v) is 6.04. The summed E-state index contributed by atoms with van der Waals surface area (Å²) in [7, 11) is -3.60. The van der Waals surface area contributed by atoms with Crippen molar-refractivity contribution in [2.75, 3.05) is 6.61 Å². The molecule has 0 saturated heterocycles. The molecule has 0 N–H and O–H groups in total. The van der Waals surface area contributed by atoms with Gasteiger partial charge in [0.15, 0.2) is 0 Å². The molecule has 0 saturated carbocycles. The van der Waals surface area contributed by atoms with Gasteiger partial charge in [0.2, 0.25) is 0 Å². The minimum atomic E-state index is -3.60. The number of hydrogen-bond acceptors (Lipinski definition) is 3.